The highest BCUT2D eigenvalue weighted by atomic mass is 32.2. The van der Waals surface area contributed by atoms with E-state index in [-0.39, 0.29) is 23.0 Å². The van der Waals surface area contributed by atoms with Gasteiger partial charge in [0.2, 0.25) is 10.0 Å². The van der Waals surface area contributed by atoms with Crippen molar-refractivity contribution < 1.29 is 17.9 Å². The molecule has 3 N–H and O–H groups in total. The summed E-state index contributed by atoms with van der Waals surface area (Å²) in [7, 11) is -2.58. The Balaban J connectivity index is 3.12. The van der Waals surface area contributed by atoms with Crippen molar-refractivity contribution in [2.24, 2.45) is 5.73 Å². The van der Waals surface area contributed by atoms with Crippen molar-refractivity contribution in [1.29, 1.82) is 0 Å². The monoisotopic (exact) mass is 272 g/mol. The Kier molecular flexibility index (Phi) is 4.83. The first-order chi connectivity index (χ1) is 8.38. The van der Waals surface area contributed by atoms with E-state index in [0.717, 1.165) is 0 Å². The standard InChI is InChI=1S/C11H16N2O4S/c1-8(12)7-13-18(15,16)10-6-4-3-5-9(10)11(14)17-2/h3-6,8,13H,7,12H2,1-2H3. The zero-order valence-corrected chi connectivity index (χ0v) is 11.0. The smallest absolute Gasteiger partial charge is 0.339 e. The van der Waals surface area contributed by atoms with Crippen molar-refractivity contribution in [2.45, 2.75) is 17.9 Å². The average Bonchev–Trinajstić information content (AvgIpc) is 2.35. The molecular weight excluding hydrogens is 256 g/mol. The molecule has 0 saturated heterocycles. The number of nitrogens with one attached hydrogen (secondary N) is 1. The van der Waals surface area contributed by atoms with E-state index >= 15 is 0 Å². The molecule has 1 aromatic rings. The van der Waals surface area contributed by atoms with Crippen LogP contribution in [0, 0.1) is 0 Å². The fourth-order valence-corrected chi connectivity index (χ4v) is 2.63. The summed E-state index contributed by atoms with van der Waals surface area (Å²) in [6.07, 6.45) is 0. The minimum Gasteiger partial charge on any atom is -0.465 e. The Morgan fingerprint density at radius 2 is 2.06 bits per heavy atom. The highest BCUT2D eigenvalue weighted by Crippen LogP contribution is 2.16. The largest absolute Gasteiger partial charge is 0.465 e. The van der Waals surface area contributed by atoms with Crippen molar-refractivity contribution in [1.82, 2.24) is 4.72 Å². The van der Waals surface area contributed by atoms with Gasteiger partial charge in [0, 0.05) is 12.6 Å². The van der Waals surface area contributed by atoms with Crippen LogP contribution >= 0.6 is 0 Å². The van der Waals surface area contributed by atoms with Crippen LogP contribution in [-0.4, -0.2) is 34.1 Å². The van der Waals surface area contributed by atoms with E-state index in [0.29, 0.717) is 0 Å². The molecule has 0 aliphatic carbocycles. The Morgan fingerprint density at radius 3 is 2.61 bits per heavy atom. The molecule has 0 bridgehead atoms. The molecule has 0 fully saturated rings. The quantitative estimate of drug-likeness (QED) is 0.741. The van der Waals surface area contributed by atoms with Crippen LogP contribution in [0.4, 0.5) is 0 Å². The SMILES string of the molecule is COC(=O)c1ccccc1S(=O)(=O)NCC(C)N. The molecule has 1 unspecified atom stereocenters. The Bertz CT molecular complexity index is 526. The lowest BCUT2D eigenvalue weighted by Crippen LogP contribution is -2.35. The first kappa shape index (κ1) is 14.6. The van der Waals surface area contributed by atoms with Crippen molar-refractivity contribution in [3.8, 4) is 0 Å². The molecule has 0 aromatic heterocycles. The van der Waals surface area contributed by atoms with Crippen LogP contribution in [0.3, 0.4) is 0 Å². The Labute approximate surface area is 106 Å². The molecule has 0 amide bonds. The molecule has 1 atom stereocenters. The van der Waals surface area contributed by atoms with Crippen LogP contribution in [0.5, 0.6) is 0 Å². The van der Waals surface area contributed by atoms with Gasteiger partial charge in [-0.15, -0.1) is 0 Å². The van der Waals surface area contributed by atoms with Gasteiger partial charge in [0.1, 0.15) is 0 Å². The second-order valence-corrected chi connectivity index (χ2v) is 5.55. The van der Waals surface area contributed by atoms with Crippen LogP contribution in [0.15, 0.2) is 29.2 Å². The van der Waals surface area contributed by atoms with Crippen molar-refractivity contribution >= 4 is 16.0 Å². The molecule has 6 nitrogen and oxygen atoms in total. The van der Waals surface area contributed by atoms with E-state index in [1.807, 2.05) is 0 Å². The average molecular weight is 272 g/mol. The first-order valence-electron chi connectivity index (χ1n) is 5.31. The maximum absolute atomic E-state index is 12.0. The predicted octanol–water partition coefficient (Wildman–Crippen LogP) is 0.0987. The van der Waals surface area contributed by atoms with Gasteiger partial charge in [-0.1, -0.05) is 12.1 Å². The van der Waals surface area contributed by atoms with Gasteiger partial charge in [-0.05, 0) is 19.1 Å². The summed E-state index contributed by atoms with van der Waals surface area (Å²) in [4.78, 5) is 11.4. The fourth-order valence-electron chi connectivity index (χ4n) is 1.30. The minimum absolute atomic E-state index is 0.00262. The minimum atomic E-state index is -3.77. The van der Waals surface area contributed by atoms with Crippen molar-refractivity contribution in [3.05, 3.63) is 29.8 Å². The molecule has 0 radical (unpaired) electrons. The van der Waals surface area contributed by atoms with E-state index in [2.05, 4.69) is 9.46 Å². The van der Waals surface area contributed by atoms with Gasteiger partial charge in [0.05, 0.1) is 17.6 Å². The van der Waals surface area contributed by atoms with Gasteiger partial charge in [-0.3, -0.25) is 0 Å². The molecule has 18 heavy (non-hydrogen) atoms. The molecule has 1 aromatic carbocycles. The second-order valence-electron chi connectivity index (χ2n) is 3.82. The normalized spacial score (nSPS) is 13.1. The molecule has 0 heterocycles. The number of carbonyl (C=O) groups excluding carboxylic acids is 1. The van der Waals surface area contributed by atoms with Gasteiger partial charge < -0.3 is 10.5 Å². The molecule has 0 aliphatic rings. The number of methoxy groups -OCH3 is 1. The number of hydrogen-bond donors (Lipinski definition) is 2. The second kappa shape index (κ2) is 5.94. The predicted molar refractivity (Wildman–Crippen MR) is 66.6 cm³/mol. The number of benzene rings is 1. The number of rotatable bonds is 5. The molecule has 7 heteroatoms. The summed E-state index contributed by atoms with van der Waals surface area (Å²) in [5, 5.41) is 0. The molecule has 1 rings (SSSR count). The van der Waals surface area contributed by atoms with E-state index in [1.165, 1.54) is 25.3 Å². The van der Waals surface area contributed by atoms with Crippen LogP contribution in [-0.2, 0) is 14.8 Å². The third kappa shape index (κ3) is 3.52. The summed E-state index contributed by atoms with van der Waals surface area (Å²) in [6, 6.07) is 5.52. The van der Waals surface area contributed by atoms with E-state index in [4.69, 9.17) is 5.73 Å². The van der Waals surface area contributed by atoms with Gasteiger partial charge in [0.15, 0.2) is 0 Å². The third-order valence-corrected chi connectivity index (χ3v) is 3.66. The maximum atomic E-state index is 12.0. The van der Waals surface area contributed by atoms with Crippen LogP contribution in [0.25, 0.3) is 0 Å². The van der Waals surface area contributed by atoms with Crippen molar-refractivity contribution in [3.63, 3.8) is 0 Å². The number of carbonyl (C=O) groups is 1. The summed E-state index contributed by atoms with van der Waals surface area (Å²) in [6.45, 7) is 1.77. The Morgan fingerprint density at radius 1 is 1.44 bits per heavy atom. The lowest BCUT2D eigenvalue weighted by molar-refractivity contribution is 0.0596. The number of sulfonamides is 1. The highest BCUT2D eigenvalue weighted by molar-refractivity contribution is 7.89. The van der Waals surface area contributed by atoms with Gasteiger partial charge in [-0.25, -0.2) is 17.9 Å². The summed E-state index contributed by atoms with van der Waals surface area (Å²) in [5.74, 6) is -0.697. The molecular formula is C11H16N2O4S. The summed E-state index contributed by atoms with van der Waals surface area (Å²) in [5.41, 5.74) is 5.48. The lowest BCUT2D eigenvalue weighted by atomic mass is 10.2. The highest BCUT2D eigenvalue weighted by Gasteiger charge is 2.22. The zero-order chi connectivity index (χ0) is 13.8. The molecule has 0 aliphatic heterocycles. The van der Waals surface area contributed by atoms with Crippen molar-refractivity contribution in [2.75, 3.05) is 13.7 Å². The Hall–Kier alpha value is -1.44. The molecule has 100 valence electrons. The van der Waals surface area contributed by atoms with E-state index in [9.17, 15) is 13.2 Å². The number of ether oxygens (including phenoxy) is 1. The number of hydrogen-bond acceptors (Lipinski definition) is 5. The molecule has 0 saturated carbocycles. The van der Waals surface area contributed by atoms with Gasteiger partial charge in [-0.2, -0.15) is 0 Å². The zero-order valence-electron chi connectivity index (χ0n) is 10.2. The van der Waals surface area contributed by atoms with Crippen LogP contribution in [0.2, 0.25) is 0 Å². The topological polar surface area (TPSA) is 98.5 Å². The maximum Gasteiger partial charge on any atom is 0.339 e. The van der Waals surface area contributed by atoms with E-state index < -0.39 is 16.0 Å². The van der Waals surface area contributed by atoms with Crippen LogP contribution in [0.1, 0.15) is 17.3 Å². The summed E-state index contributed by atoms with van der Waals surface area (Å²) < 4.78 is 30.9. The third-order valence-electron chi connectivity index (χ3n) is 2.18. The van der Waals surface area contributed by atoms with Crippen LogP contribution < -0.4 is 10.5 Å². The number of nitrogens with two attached hydrogens (primary N) is 1. The number of esters is 1. The van der Waals surface area contributed by atoms with Gasteiger partial charge in [0.25, 0.3) is 0 Å². The lowest BCUT2D eigenvalue weighted by Gasteiger charge is -2.11. The fraction of sp³-hybridized carbons (Fsp3) is 0.364. The first-order valence-corrected chi connectivity index (χ1v) is 6.79. The van der Waals surface area contributed by atoms with Gasteiger partial charge >= 0.3 is 5.97 Å². The van der Waals surface area contributed by atoms with E-state index in [1.54, 1.807) is 13.0 Å². The summed E-state index contributed by atoms with van der Waals surface area (Å²) >= 11 is 0. The molecule has 0 spiro atoms.